The Bertz CT molecular complexity index is 436. The molecule has 1 N–H and O–H groups in total. The Morgan fingerprint density at radius 2 is 2.00 bits per heavy atom. The molecule has 1 saturated heterocycles. The van der Waals surface area contributed by atoms with Crippen molar-refractivity contribution >= 4 is 0 Å². The van der Waals surface area contributed by atoms with E-state index >= 15 is 0 Å². The zero-order valence-electron chi connectivity index (χ0n) is 9.94. The number of hydrogen-bond acceptors (Lipinski definition) is 3. The van der Waals surface area contributed by atoms with E-state index in [2.05, 4.69) is 5.32 Å². The molecule has 1 aliphatic rings. The highest BCUT2D eigenvalue weighted by molar-refractivity contribution is 5.34. The van der Waals surface area contributed by atoms with Crippen LogP contribution < -0.4 is 5.32 Å². The van der Waals surface area contributed by atoms with Crippen LogP contribution in [0.5, 0.6) is 0 Å². The molecule has 0 aliphatic carbocycles. The van der Waals surface area contributed by atoms with Crippen LogP contribution in [0.4, 0.5) is 8.78 Å². The zero-order chi connectivity index (χ0) is 13.0. The largest absolute Gasteiger partial charge is 0.314 e. The van der Waals surface area contributed by atoms with E-state index < -0.39 is 12.5 Å². The number of nitrogens with one attached hydrogen (secondary N) is 1. The van der Waals surface area contributed by atoms with Crippen molar-refractivity contribution < 1.29 is 8.78 Å². The van der Waals surface area contributed by atoms with E-state index in [1.165, 1.54) is 0 Å². The minimum absolute atomic E-state index is 0.424. The molecular formula is C13H15F2N3. The topological polar surface area (TPSA) is 39.1 Å². The van der Waals surface area contributed by atoms with Gasteiger partial charge in [0, 0.05) is 26.2 Å². The highest BCUT2D eigenvalue weighted by Crippen LogP contribution is 2.28. The van der Waals surface area contributed by atoms with Crippen molar-refractivity contribution in [2.45, 2.75) is 12.5 Å². The van der Waals surface area contributed by atoms with Crippen LogP contribution in [0.1, 0.15) is 17.2 Å². The summed E-state index contributed by atoms with van der Waals surface area (Å²) in [5.41, 5.74) is 0.944. The molecule has 1 aromatic rings. The molecule has 3 nitrogen and oxygen atoms in total. The number of rotatable bonds is 3. The predicted octanol–water partition coefficient (Wildman–Crippen LogP) is 1.77. The number of halogens is 2. The molecule has 18 heavy (non-hydrogen) atoms. The molecule has 1 aliphatic heterocycles. The lowest BCUT2D eigenvalue weighted by molar-refractivity contribution is 0.0182. The van der Waals surface area contributed by atoms with Gasteiger partial charge in [-0.2, -0.15) is 5.26 Å². The summed E-state index contributed by atoms with van der Waals surface area (Å²) in [5, 5.41) is 12.0. The predicted molar refractivity (Wildman–Crippen MR) is 64.3 cm³/mol. The molecule has 0 radical (unpaired) electrons. The van der Waals surface area contributed by atoms with Gasteiger partial charge in [-0.1, -0.05) is 12.1 Å². The van der Waals surface area contributed by atoms with E-state index in [1.807, 2.05) is 6.07 Å². The smallest absolute Gasteiger partial charge is 0.258 e. The molecule has 0 amide bonds. The second-order valence-electron chi connectivity index (χ2n) is 4.30. The minimum atomic E-state index is -2.45. The maximum absolute atomic E-state index is 13.3. The van der Waals surface area contributed by atoms with Gasteiger partial charge in [0.25, 0.3) is 6.43 Å². The molecule has 96 valence electrons. The third-order valence-corrected chi connectivity index (χ3v) is 3.14. The third kappa shape index (κ3) is 2.84. The summed E-state index contributed by atoms with van der Waals surface area (Å²) in [6.45, 7) is 2.65. The molecule has 0 saturated carbocycles. The van der Waals surface area contributed by atoms with E-state index in [4.69, 9.17) is 5.26 Å². The van der Waals surface area contributed by atoms with Gasteiger partial charge < -0.3 is 5.32 Å². The summed E-state index contributed by atoms with van der Waals surface area (Å²) in [6.07, 6.45) is -2.45. The molecular weight excluding hydrogens is 236 g/mol. The Kier molecular flexibility index (Phi) is 4.24. The second-order valence-corrected chi connectivity index (χ2v) is 4.30. The summed E-state index contributed by atoms with van der Waals surface area (Å²) in [7, 11) is 0. The molecule has 0 bridgehead atoms. The van der Waals surface area contributed by atoms with Crippen LogP contribution in [-0.2, 0) is 0 Å². The fraction of sp³-hybridized carbons (Fsp3) is 0.462. The molecule has 0 spiro atoms. The van der Waals surface area contributed by atoms with Gasteiger partial charge in [0.05, 0.1) is 17.7 Å². The maximum Gasteiger partial charge on any atom is 0.258 e. The van der Waals surface area contributed by atoms with Crippen LogP contribution in [0.2, 0.25) is 0 Å². The molecule has 1 fully saturated rings. The van der Waals surface area contributed by atoms with Gasteiger partial charge in [-0.25, -0.2) is 8.78 Å². The lowest BCUT2D eigenvalue weighted by atomic mass is 10.0. The van der Waals surface area contributed by atoms with E-state index in [0.717, 1.165) is 13.1 Å². The van der Waals surface area contributed by atoms with Crippen molar-refractivity contribution in [3.63, 3.8) is 0 Å². The van der Waals surface area contributed by atoms with Gasteiger partial charge in [-0.3, -0.25) is 4.90 Å². The van der Waals surface area contributed by atoms with Gasteiger partial charge in [0.2, 0.25) is 0 Å². The van der Waals surface area contributed by atoms with E-state index in [9.17, 15) is 8.78 Å². The Morgan fingerprint density at radius 1 is 1.28 bits per heavy atom. The Balaban J connectivity index is 2.26. The molecule has 1 heterocycles. The van der Waals surface area contributed by atoms with Crippen molar-refractivity contribution in [3.8, 4) is 6.07 Å². The fourth-order valence-corrected chi connectivity index (χ4v) is 2.27. The minimum Gasteiger partial charge on any atom is -0.314 e. The highest BCUT2D eigenvalue weighted by atomic mass is 19.3. The molecule has 5 heteroatoms. The number of piperazine rings is 1. The molecule has 1 atom stereocenters. The van der Waals surface area contributed by atoms with Gasteiger partial charge in [0.15, 0.2) is 0 Å². The van der Waals surface area contributed by atoms with Crippen molar-refractivity contribution in [2.75, 3.05) is 26.2 Å². The lowest BCUT2D eigenvalue weighted by Gasteiger charge is -2.34. The van der Waals surface area contributed by atoms with Crippen LogP contribution in [0.3, 0.4) is 0 Å². The van der Waals surface area contributed by atoms with Crippen LogP contribution in [0, 0.1) is 11.3 Å². The summed E-state index contributed by atoms with van der Waals surface area (Å²) in [6, 6.07) is 7.58. The number of alkyl halides is 2. The number of nitriles is 1. The zero-order valence-corrected chi connectivity index (χ0v) is 9.94. The number of hydrogen-bond donors (Lipinski definition) is 1. The SMILES string of the molecule is N#Cc1cccc([C@@H](C(F)F)N2CCNCC2)c1. The number of nitrogens with zero attached hydrogens (tertiary/aromatic N) is 2. The normalized spacial score (nSPS) is 18.6. The number of benzene rings is 1. The first-order chi connectivity index (χ1) is 8.72. The summed E-state index contributed by atoms with van der Waals surface area (Å²) in [5.74, 6) is 0. The van der Waals surface area contributed by atoms with Gasteiger partial charge in [-0.05, 0) is 17.7 Å². The Hall–Kier alpha value is -1.51. The van der Waals surface area contributed by atoms with Crippen molar-refractivity contribution in [2.24, 2.45) is 0 Å². The molecule has 2 rings (SSSR count). The van der Waals surface area contributed by atoms with E-state index in [0.29, 0.717) is 24.2 Å². The average Bonchev–Trinajstić information content (AvgIpc) is 2.40. The maximum atomic E-state index is 13.3. The second kappa shape index (κ2) is 5.89. The summed E-state index contributed by atoms with van der Waals surface area (Å²) >= 11 is 0. The standard InChI is InChI=1S/C13H15F2N3/c14-13(15)12(18-6-4-17-5-7-18)11-3-1-2-10(8-11)9-16/h1-3,8,12-13,17H,4-7H2/t12-/m0/s1. The van der Waals surface area contributed by atoms with Crippen LogP contribution >= 0.6 is 0 Å². The fourth-order valence-electron chi connectivity index (χ4n) is 2.27. The van der Waals surface area contributed by atoms with Crippen LogP contribution in [0.25, 0.3) is 0 Å². The van der Waals surface area contributed by atoms with Crippen molar-refractivity contribution in [1.29, 1.82) is 5.26 Å². The van der Waals surface area contributed by atoms with Gasteiger partial charge in [-0.15, -0.1) is 0 Å². The highest BCUT2D eigenvalue weighted by Gasteiger charge is 2.30. The van der Waals surface area contributed by atoms with Gasteiger partial charge in [0.1, 0.15) is 0 Å². The first kappa shape index (κ1) is 12.9. The molecule has 0 unspecified atom stereocenters. The van der Waals surface area contributed by atoms with Gasteiger partial charge >= 0.3 is 0 Å². The van der Waals surface area contributed by atoms with E-state index in [1.54, 1.807) is 29.2 Å². The van der Waals surface area contributed by atoms with E-state index in [-0.39, 0.29) is 0 Å². The van der Waals surface area contributed by atoms with Crippen LogP contribution in [0.15, 0.2) is 24.3 Å². The van der Waals surface area contributed by atoms with Crippen molar-refractivity contribution in [1.82, 2.24) is 10.2 Å². The lowest BCUT2D eigenvalue weighted by Crippen LogP contribution is -2.46. The monoisotopic (exact) mass is 251 g/mol. The third-order valence-electron chi connectivity index (χ3n) is 3.14. The first-order valence-corrected chi connectivity index (χ1v) is 5.95. The Morgan fingerprint density at radius 3 is 2.61 bits per heavy atom. The summed E-state index contributed by atoms with van der Waals surface area (Å²) < 4.78 is 26.5. The first-order valence-electron chi connectivity index (χ1n) is 5.95. The van der Waals surface area contributed by atoms with Crippen LogP contribution in [-0.4, -0.2) is 37.5 Å². The molecule has 1 aromatic carbocycles. The van der Waals surface area contributed by atoms with Crippen molar-refractivity contribution in [3.05, 3.63) is 35.4 Å². The quantitative estimate of drug-likeness (QED) is 0.890. The summed E-state index contributed by atoms with van der Waals surface area (Å²) in [4.78, 5) is 1.78. The Labute approximate surface area is 105 Å². The molecule has 0 aromatic heterocycles. The average molecular weight is 251 g/mol.